The Hall–Kier alpha value is -2.44. The fourth-order valence-electron chi connectivity index (χ4n) is 2.86. The van der Waals surface area contributed by atoms with Crippen molar-refractivity contribution in [2.24, 2.45) is 0 Å². The molecule has 5 nitrogen and oxygen atoms in total. The fraction of sp³-hybridized carbons (Fsp3) is 0.222. The second-order valence-electron chi connectivity index (χ2n) is 5.64. The van der Waals surface area contributed by atoms with E-state index in [-0.39, 0.29) is 11.5 Å². The number of hydrogen-bond donors (Lipinski definition) is 0. The van der Waals surface area contributed by atoms with E-state index in [0.29, 0.717) is 37.3 Å². The van der Waals surface area contributed by atoms with Gasteiger partial charge in [0.05, 0.1) is 29.0 Å². The predicted molar refractivity (Wildman–Crippen MR) is 94.1 cm³/mol. The van der Waals surface area contributed by atoms with Crippen LogP contribution in [0.2, 0.25) is 0 Å². The molecule has 3 aromatic rings. The molecule has 1 saturated heterocycles. The molecule has 0 aliphatic carbocycles. The Morgan fingerprint density at radius 2 is 1.83 bits per heavy atom. The first-order valence-corrected chi connectivity index (χ1v) is 8.60. The standard InChI is InChI=1S/C18H16N2O3S/c21-17(19-8-10-23-11-9-19)13-4-3-5-14(12-13)20-18(22)15-6-1-2-7-16(15)24-20/h1-7,12H,8-11H2. The lowest BCUT2D eigenvalue weighted by molar-refractivity contribution is 0.0303. The normalized spacial score (nSPS) is 14.9. The molecule has 0 atom stereocenters. The third kappa shape index (κ3) is 2.64. The molecule has 1 aromatic heterocycles. The zero-order chi connectivity index (χ0) is 16.5. The molecule has 0 N–H and O–H groups in total. The Bertz CT molecular complexity index is 954. The van der Waals surface area contributed by atoms with E-state index in [4.69, 9.17) is 4.74 Å². The highest BCUT2D eigenvalue weighted by Gasteiger charge is 2.19. The molecular formula is C18H16N2O3S. The first-order chi connectivity index (χ1) is 11.7. The van der Waals surface area contributed by atoms with Crippen molar-refractivity contribution in [3.05, 3.63) is 64.4 Å². The van der Waals surface area contributed by atoms with Gasteiger partial charge in [0.2, 0.25) is 0 Å². The van der Waals surface area contributed by atoms with Crippen LogP contribution in [0.1, 0.15) is 10.4 Å². The summed E-state index contributed by atoms with van der Waals surface area (Å²) in [5, 5.41) is 0.701. The topological polar surface area (TPSA) is 51.5 Å². The van der Waals surface area contributed by atoms with E-state index < -0.39 is 0 Å². The summed E-state index contributed by atoms with van der Waals surface area (Å²) in [6, 6.07) is 14.8. The van der Waals surface area contributed by atoms with Crippen molar-refractivity contribution >= 4 is 27.5 Å². The lowest BCUT2D eigenvalue weighted by Gasteiger charge is -2.27. The van der Waals surface area contributed by atoms with Gasteiger partial charge in [0.1, 0.15) is 0 Å². The number of hydrogen-bond acceptors (Lipinski definition) is 4. The summed E-state index contributed by atoms with van der Waals surface area (Å²) in [4.78, 5) is 27.0. The third-order valence-corrected chi connectivity index (χ3v) is 5.23. The minimum absolute atomic E-state index is 0.0192. The highest BCUT2D eigenvalue weighted by molar-refractivity contribution is 7.14. The lowest BCUT2D eigenvalue weighted by atomic mass is 10.1. The van der Waals surface area contributed by atoms with Crippen LogP contribution in [0.25, 0.3) is 15.8 Å². The van der Waals surface area contributed by atoms with Crippen LogP contribution >= 0.6 is 11.5 Å². The van der Waals surface area contributed by atoms with Crippen molar-refractivity contribution in [3.8, 4) is 5.69 Å². The van der Waals surface area contributed by atoms with Gasteiger partial charge in [0.25, 0.3) is 11.5 Å². The van der Waals surface area contributed by atoms with Crippen LogP contribution in [0.5, 0.6) is 0 Å². The molecule has 0 saturated carbocycles. The zero-order valence-electron chi connectivity index (χ0n) is 13.0. The van der Waals surface area contributed by atoms with E-state index in [9.17, 15) is 9.59 Å². The number of benzene rings is 2. The zero-order valence-corrected chi connectivity index (χ0v) is 13.8. The van der Waals surface area contributed by atoms with E-state index >= 15 is 0 Å². The molecule has 1 fully saturated rings. The molecule has 2 heterocycles. The maximum Gasteiger partial charge on any atom is 0.273 e. The summed E-state index contributed by atoms with van der Waals surface area (Å²) in [5.74, 6) is -0.0192. The van der Waals surface area contributed by atoms with Crippen LogP contribution in [0, 0.1) is 0 Å². The van der Waals surface area contributed by atoms with Crippen molar-refractivity contribution < 1.29 is 9.53 Å². The molecule has 2 aromatic carbocycles. The Kier molecular flexibility index (Phi) is 3.92. The lowest BCUT2D eigenvalue weighted by Crippen LogP contribution is -2.40. The highest BCUT2D eigenvalue weighted by Crippen LogP contribution is 2.21. The Labute approximate surface area is 142 Å². The number of carbonyl (C=O) groups is 1. The number of fused-ring (bicyclic) bond motifs is 1. The van der Waals surface area contributed by atoms with E-state index in [1.54, 1.807) is 21.0 Å². The summed E-state index contributed by atoms with van der Waals surface area (Å²) in [6.07, 6.45) is 0. The molecule has 4 rings (SSSR count). The summed E-state index contributed by atoms with van der Waals surface area (Å²) in [7, 11) is 0. The summed E-state index contributed by atoms with van der Waals surface area (Å²) in [6.45, 7) is 2.35. The maximum absolute atomic E-state index is 12.6. The van der Waals surface area contributed by atoms with Gasteiger partial charge in [-0.3, -0.25) is 9.59 Å². The second-order valence-corrected chi connectivity index (χ2v) is 6.63. The molecule has 1 aliphatic heterocycles. The fourth-order valence-corrected chi connectivity index (χ4v) is 3.85. The first-order valence-electron chi connectivity index (χ1n) is 7.82. The van der Waals surface area contributed by atoms with Crippen LogP contribution in [0.3, 0.4) is 0 Å². The van der Waals surface area contributed by atoms with E-state index in [1.807, 2.05) is 36.4 Å². The van der Waals surface area contributed by atoms with Crippen LogP contribution in [0.15, 0.2) is 53.3 Å². The van der Waals surface area contributed by atoms with Gasteiger partial charge in [-0.2, -0.15) is 0 Å². The van der Waals surface area contributed by atoms with Crippen LogP contribution in [-0.2, 0) is 4.74 Å². The predicted octanol–water partition coefficient (Wildman–Crippen LogP) is 2.52. The summed E-state index contributed by atoms with van der Waals surface area (Å²) in [5.41, 5.74) is 1.27. The molecule has 122 valence electrons. The van der Waals surface area contributed by atoms with Crippen molar-refractivity contribution in [1.29, 1.82) is 0 Å². The van der Waals surface area contributed by atoms with Gasteiger partial charge in [-0.05, 0) is 30.3 Å². The van der Waals surface area contributed by atoms with Crippen molar-refractivity contribution in [2.75, 3.05) is 26.3 Å². The van der Waals surface area contributed by atoms with E-state index in [2.05, 4.69) is 0 Å². The van der Waals surface area contributed by atoms with Gasteiger partial charge < -0.3 is 9.64 Å². The highest BCUT2D eigenvalue weighted by atomic mass is 32.1. The largest absolute Gasteiger partial charge is 0.378 e. The molecule has 6 heteroatoms. The van der Waals surface area contributed by atoms with E-state index in [0.717, 1.165) is 10.4 Å². The first kappa shape index (κ1) is 15.1. The molecule has 24 heavy (non-hydrogen) atoms. The minimum atomic E-state index is -0.0495. The molecule has 0 bridgehead atoms. The van der Waals surface area contributed by atoms with Crippen molar-refractivity contribution in [2.45, 2.75) is 0 Å². The van der Waals surface area contributed by atoms with Gasteiger partial charge >= 0.3 is 0 Å². The van der Waals surface area contributed by atoms with Crippen LogP contribution in [0.4, 0.5) is 0 Å². The van der Waals surface area contributed by atoms with Gasteiger partial charge in [-0.1, -0.05) is 29.7 Å². The number of nitrogens with zero attached hydrogens (tertiary/aromatic N) is 2. The van der Waals surface area contributed by atoms with Crippen LogP contribution < -0.4 is 5.56 Å². The van der Waals surface area contributed by atoms with Gasteiger partial charge in [0.15, 0.2) is 0 Å². The van der Waals surface area contributed by atoms with Crippen LogP contribution in [-0.4, -0.2) is 41.1 Å². The smallest absolute Gasteiger partial charge is 0.273 e. The number of rotatable bonds is 2. The maximum atomic E-state index is 12.6. The minimum Gasteiger partial charge on any atom is -0.378 e. The molecule has 0 radical (unpaired) electrons. The monoisotopic (exact) mass is 340 g/mol. The molecule has 0 spiro atoms. The quantitative estimate of drug-likeness (QED) is 0.720. The number of amides is 1. The Morgan fingerprint density at radius 1 is 1.04 bits per heavy atom. The van der Waals surface area contributed by atoms with Gasteiger partial charge in [-0.25, -0.2) is 3.96 Å². The van der Waals surface area contributed by atoms with Crippen molar-refractivity contribution in [3.63, 3.8) is 0 Å². The SMILES string of the molecule is O=C(c1cccc(-n2sc3ccccc3c2=O)c1)N1CCOCC1. The molecule has 1 aliphatic rings. The Morgan fingerprint density at radius 3 is 2.62 bits per heavy atom. The van der Waals surface area contributed by atoms with Crippen molar-refractivity contribution in [1.82, 2.24) is 8.86 Å². The molecule has 1 amide bonds. The summed E-state index contributed by atoms with van der Waals surface area (Å²) < 4.78 is 7.87. The van der Waals surface area contributed by atoms with Gasteiger partial charge in [0, 0.05) is 18.7 Å². The van der Waals surface area contributed by atoms with E-state index in [1.165, 1.54) is 11.5 Å². The average molecular weight is 340 g/mol. The molecule has 0 unspecified atom stereocenters. The molecular weight excluding hydrogens is 324 g/mol. The number of aromatic nitrogens is 1. The number of morpholine rings is 1. The third-order valence-electron chi connectivity index (χ3n) is 4.12. The number of ether oxygens (including phenoxy) is 1. The average Bonchev–Trinajstić information content (AvgIpc) is 2.99. The summed E-state index contributed by atoms with van der Waals surface area (Å²) >= 11 is 1.39. The second kappa shape index (κ2) is 6.22. The Balaban J connectivity index is 1.72. The number of carbonyl (C=O) groups excluding carboxylic acids is 1. The van der Waals surface area contributed by atoms with Gasteiger partial charge in [-0.15, -0.1) is 0 Å².